The summed E-state index contributed by atoms with van der Waals surface area (Å²) in [5.74, 6) is 0. The second-order valence-corrected chi connectivity index (χ2v) is 7.29. The van der Waals surface area contributed by atoms with Crippen LogP contribution in [0.3, 0.4) is 0 Å². The smallest absolute Gasteiger partial charge is 0.117 e. The first-order chi connectivity index (χ1) is 10.0. The Hall–Kier alpha value is -1.93. The van der Waals surface area contributed by atoms with Gasteiger partial charge >= 0.3 is 0 Å². The molecule has 0 unspecified atom stereocenters. The third-order valence-electron chi connectivity index (χ3n) is 3.51. The normalized spacial score (nSPS) is 12.3. The van der Waals surface area contributed by atoms with Crippen LogP contribution in [-0.4, -0.2) is 4.98 Å². The molecule has 1 heterocycles. The lowest BCUT2D eigenvalue weighted by Crippen LogP contribution is -2.10. The molecule has 2 aromatic carbocycles. The molecule has 0 spiro atoms. The zero-order valence-electron chi connectivity index (χ0n) is 12.6. The SMILES string of the molecule is CC(C)(C)c1ccc(/C=C/c2nc3ccccc3s2)cc1. The standard InChI is InChI=1S/C19H19NS/c1-19(2,3)15-11-8-14(9-12-15)10-13-18-20-16-6-4-5-7-17(16)21-18/h4-13H,1-3H3/b13-10+. The first kappa shape index (κ1) is 14.0. The fourth-order valence-electron chi connectivity index (χ4n) is 2.22. The van der Waals surface area contributed by atoms with Gasteiger partial charge in [-0.25, -0.2) is 4.98 Å². The van der Waals surface area contributed by atoms with E-state index in [4.69, 9.17) is 0 Å². The maximum absolute atomic E-state index is 4.62. The highest BCUT2D eigenvalue weighted by Crippen LogP contribution is 2.24. The minimum atomic E-state index is 0.204. The Morgan fingerprint density at radius 2 is 1.62 bits per heavy atom. The number of para-hydroxylation sites is 1. The second kappa shape index (κ2) is 5.45. The third-order valence-corrected chi connectivity index (χ3v) is 4.51. The fraction of sp³-hybridized carbons (Fsp3) is 0.211. The number of nitrogens with zero attached hydrogens (tertiary/aromatic N) is 1. The van der Waals surface area contributed by atoms with E-state index in [0.717, 1.165) is 10.5 Å². The molecule has 1 nitrogen and oxygen atoms in total. The molecule has 2 heteroatoms. The summed E-state index contributed by atoms with van der Waals surface area (Å²) in [5, 5.41) is 1.05. The molecule has 0 amide bonds. The van der Waals surface area contributed by atoms with E-state index < -0.39 is 0 Å². The minimum absolute atomic E-state index is 0.204. The van der Waals surface area contributed by atoms with Crippen molar-refractivity contribution in [1.29, 1.82) is 0 Å². The van der Waals surface area contributed by atoms with Crippen LogP contribution in [0.5, 0.6) is 0 Å². The largest absolute Gasteiger partial charge is 0.237 e. The van der Waals surface area contributed by atoms with Crippen molar-refractivity contribution in [3.63, 3.8) is 0 Å². The van der Waals surface area contributed by atoms with Crippen molar-refractivity contribution in [3.8, 4) is 0 Å². The Kier molecular flexibility index (Phi) is 3.64. The highest BCUT2D eigenvalue weighted by Gasteiger charge is 2.12. The molecule has 0 saturated heterocycles. The average Bonchev–Trinajstić information content (AvgIpc) is 2.87. The Labute approximate surface area is 130 Å². The number of benzene rings is 2. The zero-order chi connectivity index (χ0) is 14.9. The van der Waals surface area contributed by atoms with Crippen LogP contribution in [0, 0.1) is 0 Å². The van der Waals surface area contributed by atoms with Crippen molar-refractivity contribution in [2.24, 2.45) is 0 Å². The number of aromatic nitrogens is 1. The van der Waals surface area contributed by atoms with Crippen LogP contribution in [0.2, 0.25) is 0 Å². The third kappa shape index (κ3) is 3.22. The van der Waals surface area contributed by atoms with Gasteiger partial charge in [0, 0.05) is 0 Å². The zero-order valence-corrected chi connectivity index (χ0v) is 13.4. The Morgan fingerprint density at radius 1 is 0.905 bits per heavy atom. The predicted molar refractivity (Wildman–Crippen MR) is 93.7 cm³/mol. The van der Waals surface area contributed by atoms with Gasteiger partial charge in [0.1, 0.15) is 5.01 Å². The van der Waals surface area contributed by atoms with Crippen LogP contribution in [-0.2, 0) is 5.41 Å². The number of rotatable bonds is 2. The van der Waals surface area contributed by atoms with Gasteiger partial charge in [0.05, 0.1) is 10.2 Å². The quantitative estimate of drug-likeness (QED) is 0.585. The van der Waals surface area contributed by atoms with Gasteiger partial charge in [-0.15, -0.1) is 11.3 Å². The van der Waals surface area contributed by atoms with E-state index in [1.807, 2.05) is 6.07 Å². The van der Waals surface area contributed by atoms with Gasteiger partial charge in [-0.3, -0.25) is 0 Å². The lowest BCUT2D eigenvalue weighted by molar-refractivity contribution is 0.590. The van der Waals surface area contributed by atoms with Gasteiger partial charge in [0.25, 0.3) is 0 Å². The highest BCUT2D eigenvalue weighted by atomic mass is 32.1. The van der Waals surface area contributed by atoms with E-state index >= 15 is 0 Å². The molecule has 21 heavy (non-hydrogen) atoms. The van der Waals surface area contributed by atoms with Gasteiger partial charge in [0.2, 0.25) is 0 Å². The molecule has 0 N–H and O–H groups in total. The van der Waals surface area contributed by atoms with E-state index in [9.17, 15) is 0 Å². The van der Waals surface area contributed by atoms with Crippen LogP contribution in [0.4, 0.5) is 0 Å². The van der Waals surface area contributed by atoms with Crippen LogP contribution >= 0.6 is 11.3 Å². The number of hydrogen-bond acceptors (Lipinski definition) is 2. The molecular formula is C19H19NS. The van der Waals surface area contributed by atoms with Crippen LogP contribution in [0.15, 0.2) is 48.5 Å². The molecular weight excluding hydrogens is 274 g/mol. The van der Waals surface area contributed by atoms with Crippen molar-refractivity contribution in [2.45, 2.75) is 26.2 Å². The van der Waals surface area contributed by atoms with E-state index in [-0.39, 0.29) is 5.41 Å². The maximum Gasteiger partial charge on any atom is 0.117 e. The summed E-state index contributed by atoms with van der Waals surface area (Å²) in [6.45, 7) is 6.71. The van der Waals surface area contributed by atoms with Crippen molar-refractivity contribution in [2.75, 3.05) is 0 Å². The highest BCUT2D eigenvalue weighted by molar-refractivity contribution is 7.19. The van der Waals surface area contributed by atoms with E-state index in [1.165, 1.54) is 15.8 Å². The lowest BCUT2D eigenvalue weighted by Gasteiger charge is -2.18. The minimum Gasteiger partial charge on any atom is -0.237 e. The summed E-state index contributed by atoms with van der Waals surface area (Å²) in [7, 11) is 0. The molecule has 0 radical (unpaired) electrons. The van der Waals surface area contributed by atoms with Gasteiger partial charge in [0.15, 0.2) is 0 Å². The van der Waals surface area contributed by atoms with Crippen molar-refractivity contribution >= 4 is 33.7 Å². The predicted octanol–water partition coefficient (Wildman–Crippen LogP) is 5.76. The van der Waals surface area contributed by atoms with Crippen molar-refractivity contribution in [3.05, 3.63) is 64.7 Å². The number of thiazole rings is 1. The summed E-state index contributed by atoms with van der Waals surface area (Å²) in [6.07, 6.45) is 4.22. The fourth-order valence-corrected chi connectivity index (χ4v) is 3.09. The van der Waals surface area contributed by atoms with Crippen molar-refractivity contribution in [1.82, 2.24) is 4.98 Å². The molecule has 0 aliphatic heterocycles. The van der Waals surface area contributed by atoms with E-state index in [2.05, 4.69) is 80.4 Å². The van der Waals surface area contributed by atoms with E-state index in [1.54, 1.807) is 11.3 Å². The van der Waals surface area contributed by atoms with Crippen LogP contribution in [0.1, 0.15) is 36.9 Å². The monoisotopic (exact) mass is 293 g/mol. The number of hydrogen-bond donors (Lipinski definition) is 0. The first-order valence-corrected chi connectivity index (χ1v) is 7.98. The molecule has 106 valence electrons. The lowest BCUT2D eigenvalue weighted by atomic mass is 9.87. The molecule has 0 saturated carbocycles. The van der Waals surface area contributed by atoms with Crippen LogP contribution < -0.4 is 0 Å². The summed E-state index contributed by atoms with van der Waals surface area (Å²) < 4.78 is 1.24. The van der Waals surface area contributed by atoms with E-state index in [0.29, 0.717) is 0 Å². The van der Waals surface area contributed by atoms with Crippen molar-refractivity contribution < 1.29 is 0 Å². The molecule has 0 fully saturated rings. The summed E-state index contributed by atoms with van der Waals surface area (Å²) >= 11 is 1.73. The molecule has 0 atom stereocenters. The summed E-state index contributed by atoms with van der Waals surface area (Å²) in [4.78, 5) is 4.62. The average molecular weight is 293 g/mol. The molecule has 3 aromatic rings. The van der Waals surface area contributed by atoms with Gasteiger partial charge in [-0.1, -0.05) is 63.2 Å². The number of fused-ring (bicyclic) bond motifs is 1. The van der Waals surface area contributed by atoms with Gasteiger partial charge in [-0.05, 0) is 34.8 Å². The van der Waals surface area contributed by atoms with Crippen LogP contribution in [0.25, 0.3) is 22.4 Å². The second-order valence-electron chi connectivity index (χ2n) is 6.23. The molecule has 0 aliphatic rings. The molecule has 0 aliphatic carbocycles. The summed E-state index contributed by atoms with van der Waals surface area (Å²) in [6, 6.07) is 17.0. The molecule has 0 bridgehead atoms. The Balaban J connectivity index is 1.82. The Morgan fingerprint density at radius 3 is 2.29 bits per heavy atom. The van der Waals surface area contributed by atoms with Gasteiger partial charge in [-0.2, -0.15) is 0 Å². The molecule has 1 aromatic heterocycles. The maximum atomic E-state index is 4.62. The molecule has 3 rings (SSSR count). The van der Waals surface area contributed by atoms with Gasteiger partial charge < -0.3 is 0 Å². The Bertz CT molecular complexity index is 740. The topological polar surface area (TPSA) is 12.9 Å². The first-order valence-electron chi connectivity index (χ1n) is 7.16. The summed E-state index contributed by atoms with van der Waals surface area (Å²) in [5.41, 5.74) is 3.85.